The molecule has 3 nitrogen and oxygen atoms in total. The molecule has 1 rings (SSSR count). The normalized spacial score (nSPS) is 12.9. The van der Waals surface area contributed by atoms with E-state index in [0.29, 0.717) is 0 Å². The first kappa shape index (κ1) is 12.0. The van der Waals surface area contributed by atoms with Crippen molar-refractivity contribution in [1.82, 2.24) is 5.32 Å². The summed E-state index contributed by atoms with van der Waals surface area (Å²) >= 11 is 5.01. The lowest BCUT2D eigenvalue weighted by Gasteiger charge is -2.08. The van der Waals surface area contributed by atoms with Crippen LogP contribution >= 0.6 is 27.3 Å². The molecule has 80 valence electrons. The zero-order valence-electron chi connectivity index (χ0n) is 8.21. The van der Waals surface area contributed by atoms with Gasteiger partial charge in [0.15, 0.2) is 5.06 Å². The maximum atomic E-state index is 8.83. The van der Waals surface area contributed by atoms with Crippen molar-refractivity contribution >= 4 is 27.3 Å². The molecule has 0 bridgehead atoms. The molecule has 0 aliphatic rings. The van der Waals surface area contributed by atoms with Gasteiger partial charge in [-0.2, -0.15) is 0 Å². The second kappa shape index (κ2) is 5.70. The van der Waals surface area contributed by atoms with Crippen LogP contribution in [0, 0.1) is 0 Å². The van der Waals surface area contributed by atoms with Gasteiger partial charge >= 0.3 is 0 Å². The Hall–Kier alpha value is -0.100. The number of thiophene rings is 1. The Morgan fingerprint density at radius 3 is 2.93 bits per heavy atom. The van der Waals surface area contributed by atoms with E-state index in [1.165, 1.54) is 4.88 Å². The number of hydrogen-bond acceptors (Lipinski definition) is 4. The van der Waals surface area contributed by atoms with Crippen LogP contribution in [0.2, 0.25) is 0 Å². The number of rotatable bonds is 5. The lowest BCUT2D eigenvalue weighted by atomic mass is 10.3. The highest BCUT2D eigenvalue weighted by Gasteiger charge is 2.07. The van der Waals surface area contributed by atoms with Gasteiger partial charge in [0.25, 0.3) is 0 Å². The number of hydrogen-bond donors (Lipinski definition) is 2. The molecule has 0 fully saturated rings. The van der Waals surface area contributed by atoms with Crippen molar-refractivity contribution in [3.63, 3.8) is 0 Å². The Bertz CT molecular complexity index is 290. The topological polar surface area (TPSA) is 41.5 Å². The third kappa shape index (κ3) is 3.24. The Morgan fingerprint density at radius 2 is 2.43 bits per heavy atom. The van der Waals surface area contributed by atoms with Crippen LogP contribution in [0.5, 0.6) is 5.06 Å². The summed E-state index contributed by atoms with van der Waals surface area (Å²) in [6.45, 7) is 2.86. The summed E-state index contributed by atoms with van der Waals surface area (Å²) in [5.41, 5.74) is 0. The molecular formula is C9H14BrNO2S. The monoisotopic (exact) mass is 279 g/mol. The average Bonchev–Trinajstić information content (AvgIpc) is 2.55. The van der Waals surface area contributed by atoms with Gasteiger partial charge in [-0.25, -0.2) is 0 Å². The Morgan fingerprint density at radius 1 is 1.71 bits per heavy atom. The maximum Gasteiger partial charge on any atom is 0.188 e. The van der Waals surface area contributed by atoms with Crippen molar-refractivity contribution in [2.24, 2.45) is 0 Å². The van der Waals surface area contributed by atoms with Gasteiger partial charge in [0.2, 0.25) is 0 Å². The Labute approximate surface area is 96.2 Å². The van der Waals surface area contributed by atoms with Crippen LogP contribution in [-0.2, 0) is 6.54 Å². The first-order valence-electron chi connectivity index (χ1n) is 4.33. The van der Waals surface area contributed by atoms with Crippen LogP contribution in [0.15, 0.2) is 10.5 Å². The molecule has 5 heteroatoms. The lowest BCUT2D eigenvalue weighted by Crippen LogP contribution is -2.28. The van der Waals surface area contributed by atoms with Gasteiger partial charge in [-0.1, -0.05) is 0 Å². The van der Waals surface area contributed by atoms with Crippen molar-refractivity contribution in [2.75, 3.05) is 13.7 Å². The standard InChI is InChI=1S/C9H14BrNO2S/c1-6(5-12)11-4-7-3-8(10)9(13-2)14-7/h3,6,11-12H,4-5H2,1-2H3/t6-/m0/s1. The predicted octanol–water partition coefficient (Wildman–Crippen LogP) is 1.99. The minimum atomic E-state index is 0.127. The van der Waals surface area contributed by atoms with E-state index in [9.17, 15) is 0 Å². The van der Waals surface area contributed by atoms with Crippen molar-refractivity contribution in [3.05, 3.63) is 15.4 Å². The van der Waals surface area contributed by atoms with Crippen LogP contribution in [-0.4, -0.2) is 24.9 Å². The first-order chi connectivity index (χ1) is 6.67. The van der Waals surface area contributed by atoms with Gasteiger partial charge in [0.1, 0.15) is 0 Å². The number of aliphatic hydroxyl groups excluding tert-OH is 1. The summed E-state index contributed by atoms with van der Waals surface area (Å²) in [7, 11) is 1.66. The maximum absolute atomic E-state index is 8.83. The van der Waals surface area contributed by atoms with Gasteiger partial charge < -0.3 is 15.2 Å². The number of aliphatic hydroxyl groups is 1. The zero-order chi connectivity index (χ0) is 10.6. The second-order valence-corrected chi connectivity index (χ2v) is 4.97. The molecule has 0 spiro atoms. The smallest absolute Gasteiger partial charge is 0.188 e. The van der Waals surface area contributed by atoms with Crippen LogP contribution < -0.4 is 10.1 Å². The Balaban J connectivity index is 2.51. The Kier molecular flexibility index (Phi) is 4.88. The van der Waals surface area contributed by atoms with Gasteiger partial charge in [-0.05, 0) is 28.9 Å². The molecule has 14 heavy (non-hydrogen) atoms. The van der Waals surface area contributed by atoms with E-state index >= 15 is 0 Å². The molecule has 1 heterocycles. The highest BCUT2D eigenvalue weighted by Crippen LogP contribution is 2.34. The number of ether oxygens (including phenoxy) is 1. The SMILES string of the molecule is COc1sc(CN[C@@H](C)CO)cc1Br. The van der Waals surface area contributed by atoms with Crippen LogP contribution in [0.4, 0.5) is 0 Å². The van der Waals surface area contributed by atoms with E-state index in [-0.39, 0.29) is 12.6 Å². The molecule has 1 aromatic rings. The van der Waals surface area contributed by atoms with Crippen molar-refractivity contribution in [2.45, 2.75) is 19.5 Å². The predicted molar refractivity (Wildman–Crippen MR) is 62.0 cm³/mol. The summed E-state index contributed by atoms with van der Waals surface area (Å²) < 4.78 is 6.14. The summed E-state index contributed by atoms with van der Waals surface area (Å²) in [4.78, 5) is 1.19. The molecule has 0 radical (unpaired) electrons. The largest absolute Gasteiger partial charge is 0.486 e. The van der Waals surface area contributed by atoms with E-state index in [4.69, 9.17) is 9.84 Å². The van der Waals surface area contributed by atoms with Crippen LogP contribution in [0.1, 0.15) is 11.8 Å². The molecule has 2 N–H and O–H groups in total. The minimum absolute atomic E-state index is 0.127. The van der Waals surface area contributed by atoms with Crippen molar-refractivity contribution in [1.29, 1.82) is 0 Å². The molecule has 1 aromatic heterocycles. The first-order valence-corrected chi connectivity index (χ1v) is 5.94. The second-order valence-electron chi connectivity index (χ2n) is 3.02. The molecule has 1 atom stereocenters. The molecule has 0 saturated carbocycles. The zero-order valence-corrected chi connectivity index (χ0v) is 10.6. The average molecular weight is 280 g/mol. The van der Waals surface area contributed by atoms with E-state index in [1.807, 2.05) is 13.0 Å². The van der Waals surface area contributed by atoms with E-state index in [2.05, 4.69) is 21.2 Å². The molecule has 0 aliphatic carbocycles. The summed E-state index contributed by atoms with van der Waals surface area (Å²) in [5, 5.41) is 12.9. The van der Waals surface area contributed by atoms with Crippen molar-refractivity contribution in [3.8, 4) is 5.06 Å². The summed E-state index contributed by atoms with van der Waals surface area (Å²) in [6, 6.07) is 2.16. The number of methoxy groups -OCH3 is 1. The van der Waals surface area contributed by atoms with Crippen LogP contribution in [0.3, 0.4) is 0 Å². The summed E-state index contributed by atoms with van der Waals surface area (Å²) in [6.07, 6.45) is 0. The van der Waals surface area contributed by atoms with Gasteiger partial charge in [0, 0.05) is 17.5 Å². The quantitative estimate of drug-likeness (QED) is 0.866. The molecule has 0 amide bonds. The third-order valence-electron chi connectivity index (χ3n) is 1.79. The van der Waals surface area contributed by atoms with Crippen molar-refractivity contribution < 1.29 is 9.84 Å². The third-order valence-corrected chi connectivity index (χ3v) is 3.74. The van der Waals surface area contributed by atoms with E-state index in [1.54, 1.807) is 18.4 Å². The highest BCUT2D eigenvalue weighted by molar-refractivity contribution is 9.10. The molecule has 0 aromatic carbocycles. The lowest BCUT2D eigenvalue weighted by molar-refractivity contribution is 0.251. The highest BCUT2D eigenvalue weighted by atomic mass is 79.9. The van der Waals surface area contributed by atoms with Gasteiger partial charge in [-0.3, -0.25) is 0 Å². The molecular weight excluding hydrogens is 266 g/mol. The van der Waals surface area contributed by atoms with Gasteiger partial charge in [0.05, 0.1) is 18.2 Å². The summed E-state index contributed by atoms with van der Waals surface area (Å²) in [5.74, 6) is 0. The fraction of sp³-hybridized carbons (Fsp3) is 0.556. The minimum Gasteiger partial charge on any atom is -0.486 e. The molecule has 0 aliphatic heterocycles. The van der Waals surface area contributed by atoms with E-state index < -0.39 is 0 Å². The number of halogens is 1. The van der Waals surface area contributed by atoms with E-state index in [0.717, 1.165) is 16.1 Å². The molecule has 0 unspecified atom stereocenters. The van der Waals surface area contributed by atoms with Crippen LogP contribution in [0.25, 0.3) is 0 Å². The van der Waals surface area contributed by atoms with Gasteiger partial charge in [-0.15, -0.1) is 11.3 Å². The fourth-order valence-corrected chi connectivity index (χ4v) is 2.61. The fourth-order valence-electron chi connectivity index (χ4n) is 0.963. The number of nitrogens with one attached hydrogen (secondary N) is 1. The molecule has 0 saturated heterocycles.